The summed E-state index contributed by atoms with van der Waals surface area (Å²) in [4.78, 5) is 14.1. The number of carbonyl (C=O) groups excluding carboxylic acids is 1. The Bertz CT molecular complexity index is 487. The molecule has 0 bridgehead atoms. The standard InChI is InChI=1S/C16H22ClFN2O/c1-2-7-19-16(21)12-5-8-20(9-6-12)11-13-3-4-14(17)10-15(13)18/h3-4,10,12H,2,5-9,11H2,1H3,(H,19,21). The Balaban J connectivity index is 1.82. The number of nitrogens with one attached hydrogen (secondary N) is 1. The Morgan fingerprint density at radius 1 is 1.43 bits per heavy atom. The largest absolute Gasteiger partial charge is 0.356 e. The molecule has 3 nitrogen and oxygen atoms in total. The van der Waals surface area contributed by atoms with Gasteiger partial charge in [0.15, 0.2) is 0 Å². The molecule has 1 aromatic carbocycles. The summed E-state index contributed by atoms with van der Waals surface area (Å²) in [6, 6.07) is 4.80. The van der Waals surface area contributed by atoms with Crippen LogP contribution in [0.4, 0.5) is 4.39 Å². The van der Waals surface area contributed by atoms with Crippen LogP contribution in [0.1, 0.15) is 31.7 Å². The zero-order chi connectivity index (χ0) is 15.2. The van der Waals surface area contributed by atoms with E-state index < -0.39 is 0 Å². The third-order valence-corrected chi connectivity index (χ3v) is 4.15. The van der Waals surface area contributed by atoms with Crippen LogP contribution in [0.5, 0.6) is 0 Å². The Hall–Kier alpha value is -1.13. The van der Waals surface area contributed by atoms with Crippen LogP contribution < -0.4 is 5.32 Å². The fourth-order valence-corrected chi connectivity index (χ4v) is 2.80. The fourth-order valence-electron chi connectivity index (χ4n) is 2.64. The van der Waals surface area contributed by atoms with Gasteiger partial charge in [-0.15, -0.1) is 0 Å². The SMILES string of the molecule is CCCNC(=O)C1CCN(Cc2ccc(Cl)cc2F)CC1. The first kappa shape index (κ1) is 16.2. The molecule has 0 saturated carbocycles. The van der Waals surface area contributed by atoms with Crippen molar-refractivity contribution in [2.75, 3.05) is 19.6 Å². The summed E-state index contributed by atoms with van der Waals surface area (Å²) >= 11 is 5.76. The number of halogens is 2. The van der Waals surface area contributed by atoms with Crippen LogP contribution in [0.15, 0.2) is 18.2 Å². The van der Waals surface area contributed by atoms with Crippen LogP contribution in [0.25, 0.3) is 0 Å². The zero-order valence-electron chi connectivity index (χ0n) is 12.4. The van der Waals surface area contributed by atoms with Gasteiger partial charge in [0.05, 0.1) is 0 Å². The van der Waals surface area contributed by atoms with Crippen molar-refractivity contribution in [2.24, 2.45) is 5.92 Å². The molecule has 1 aromatic rings. The highest BCUT2D eigenvalue weighted by molar-refractivity contribution is 6.30. The lowest BCUT2D eigenvalue weighted by Gasteiger charge is -2.31. The molecule has 2 rings (SSSR count). The van der Waals surface area contributed by atoms with E-state index in [1.807, 2.05) is 6.92 Å². The fraction of sp³-hybridized carbons (Fsp3) is 0.562. The minimum absolute atomic E-state index is 0.0999. The molecule has 0 spiro atoms. The number of amides is 1. The lowest BCUT2D eigenvalue weighted by molar-refractivity contribution is -0.126. The van der Waals surface area contributed by atoms with E-state index in [4.69, 9.17) is 11.6 Å². The molecule has 0 aromatic heterocycles. The Morgan fingerprint density at radius 3 is 2.76 bits per heavy atom. The van der Waals surface area contributed by atoms with Crippen molar-refractivity contribution >= 4 is 17.5 Å². The Morgan fingerprint density at radius 2 is 2.14 bits per heavy atom. The number of hydrogen-bond acceptors (Lipinski definition) is 2. The van der Waals surface area contributed by atoms with E-state index in [9.17, 15) is 9.18 Å². The molecule has 1 amide bonds. The Labute approximate surface area is 130 Å². The maximum Gasteiger partial charge on any atom is 0.223 e. The van der Waals surface area contributed by atoms with E-state index in [1.54, 1.807) is 12.1 Å². The minimum Gasteiger partial charge on any atom is -0.356 e. The van der Waals surface area contributed by atoms with Crippen molar-refractivity contribution in [3.05, 3.63) is 34.6 Å². The summed E-state index contributed by atoms with van der Waals surface area (Å²) in [6.45, 7) is 5.02. The van der Waals surface area contributed by atoms with Gasteiger partial charge < -0.3 is 5.32 Å². The van der Waals surface area contributed by atoms with Gasteiger partial charge in [-0.1, -0.05) is 24.6 Å². The molecule has 116 valence electrons. The molecule has 1 aliphatic heterocycles. The number of carbonyl (C=O) groups is 1. The van der Waals surface area contributed by atoms with Gasteiger partial charge in [-0.25, -0.2) is 4.39 Å². The van der Waals surface area contributed by atoms with E-state index in [-0.39, 0.29) is 17.6 Å². The summed E-state index contributed by atoms with van der Waals surface area (Å²) in [5, 5.41) is 3.37. The third-order valence-electron chi connectivity index (χ3n) is 3.92. The second-order valence-electron chi connectivity index (χ2n) is 5.58. The molecule has 1 aliphatic rings. The molecule has 0 aliphatic carbocycles. The van der Waals surface area contributed by atoms with Gasteiger partial charge in [0.25, 0.3) is 0 Å². The van der Waals surface area contributed by atoms with Crippen LogP contribution in [-0.2, 0) is 11.3 Å². The highest BCUT2D eigenvalue weighted by Crippen LogP contribution is 2.21. The van der Waals surface area contributed by atoms with Crippen LogP contribution in [0, 0.1) is 11.7 Å². The average molecular weight is 313 g/mol. The van der Waals surface area contributed by atoms with Gasteiger partial charge in [-0.3, -0.25) is 9.69 Å². The van der Waals surface area contributed by atoms with E-state index in [2.05, 4.69) is 10.2 Å². The first-order valence-electron chi connectivity index (χ1n) is 7.54. The summed E-state index contributed by atoms with van der Waals surface area (Å²) in [5.74, 6) is 0.00218. The molecule has 5 heteroatoms. The number of rotatable bonds is 5. The minimum atomic E-state index is -0.259. The van der Waals surface area contributed by atoms with Crippen molar-refractivity contribution in [1.29, 1.82) is 0 Å². The van der Waals surface area contributed by atoms with E-state index in [0.717, 1.165) is 38.9 Å². The predicted molar refractivity (Wildman–Crippen MR) is 82.7 cm³/mol. The van der Waals surface area contributed by atoms with E-state index in [0.29, 0.717) is 17.1 Å². The van der Waals surface area contributed by atoms with Crippen molar-refractivity contribution in [1.82, 2.24) is 10.2 Å². The molecule has 1 N–H and O–H groups in total. The smallest absolute Gasteiger partial charge is 0.223 e. The lowest BCUT2D eigenvalue weighted by atomic mass is 9.95. The average Bonchev–Trinajstić information content (AvgIpc) is 2.48. The van der Waals surface area contributed by atoms with Gasteiger partial charge in [0, 0.05) is 29.6 Å². The lowest BCUT2D eigenvalue weighted by Crippen LogP contribution is -2.40. The van der Waals surface area contributed by atoms with Gasteiger partial charge in [-0.05, 0) is 44.5 Å². The second kappa shape index (κ2) is 7.76. The maximum absolute atomic E-state index is 13.8. The highest BCUT2D eigenvalue weighted by atomic mass is 35.5. The van der Waals surface area contributed by atoms with Crippen molar-refractivity contribution in [2.45, 2.75) is 32.7 Å². The molecule has 1 saturated heterocycles. The summed E-state index contributed by atoms with van der Waals surface area (Å²) < 4.78 is 13.8. The van der Waals surface area contributed by atoms with Gasteiger partial charge in [0.2, 0.25) is 5.91 Å². The van der Waals surface area contributed by atoms with Gasteiger partial charge in [0.1, 0.15) is 5.82 Å². The van der Waals surface area contributed by atoms with Crippen LogP contribution >= 0.6 is 11.6 Å². The molecular weight excluding hydrogens is 291 g/mol. The molecule has 0 unspecified atom stereocenters. The first-order chi connectivity index (χ1) is 10.1. The number of benzene rings is 1. The Kier molecular flexibility index (Phi) is 6.00. The molecule has 1 fully saturated rings. The molecule has 0 atom stereocenters. The second-order valence-corrected chi connectivity index (χ2v) is 6.01. The summed E-state index contributed by atoms with van der Waals surface area (Å²) in [5.41, 5.74) is 0.660. The van der Waals surface area contributed by atoms with Crippen molar-refractivity contribution < 1.29 is 9.18 Å². The van der Waals surface area contributed by atoms with Crippen LogP contribution in [0.3, 0.4) is 0 Å². The summed E-state index contributed by atoms with van der Waals surface area (Å²) in [6.07, 6.45) is 2.63. The number of hydrogen-bond donors (Lipinski definition) is 1. The normalized spacial score (nSPS) is 16.9. The summed E-state index contributed by atoms with van der Waals surface area (Å²) in [7, 11) is 0. The highest BCUT2D eigenvalue weighted by Gasteiger charge is 2.24. The van der Waals surface area contributed by atoms with Gasteiger partial charge >= 0.3 is 0 Å². The maximum atomic E-state index is 13.8. The van der Waals surface area contributed by atoms with E-state index >= 15 is 0 Å². The molecule has 0 radical (unpaired) electrons. The number of piperidine rings is 1. The van der Waals surface area contributed by atoms with E-state index in [1.165, 1.54) is 6.07 Å². The zero-order valence-corrected chi connectivity index (χ0v) is 13.1. The topological polar surface area (TPSA) is 32.3 Å². The van der Waals surface area contributed by atoms with Crippen LogP contribution in [0.2, 0.25) is 5.02 Å². The molecular formula is C16H22ClFN2O. The predicted octanol–water partition coefficient (Wildman–Crippen LogP) is 3.22. The quantitative estimate of drug-likeness (QED) is 0.905. The van der Waals surface area contributed by atoms with Crippen molar-refractivity contribution in [3.8, 4) is 0 Å². The molecule has 21 heavy (non-hydrogen) atoms. The number of nitrogens with zero attached hydrogens (tertiary/aromatic N) is 1. The first-order valence-corrected chi connectivity index (χ1v) is 7.92. The number of likely N-dealkylation sites (tertiary alicyclic amines) is 1. The molecule has 1 heterocycles. The van der Waals surface area contributed by atoms with Crippen molar-refractivity contribution in [3.63, 3.8) is 0 Å². The van der Waals surface area contributed by atoms with Gasteiger partial charge in [-0.2, -0.15) is 0 Å². The third kappa shape index (κ3) is 4.68. The monoisotopic (exact) mass is 312 g/mol. The van der Waals surface area contributed by atoms with Crippen LogP contribution in [-0.4, -0.2) is 30.4 Å².